The number of halogens is 2. The van der Waals surface area contributed by atoms with Crippen molar-refractivity contribution >= 4 is 22.8 Å². The van der Waals surface area contributed by atoms with Gasteiger partial charge in [-0.25, -0.2) is 18.7 Å². The minimum absolute atomic E-state index is 0.0816. The first-order valence-corrected chi connectivity index (χ1v) is 12.9. The maximum Gasteiger partial charge on any atom is 0.178 e. The highest BCUT2D eigenvalue weighted by molar-refractivity contribution is 5.95. The Morgan fingerprint density at radius 3 is 2.70 bits per heavy atom. The van der Waals surface area contributed by atoms with Gasteiger partial charge in [0.2, 0.25) is 0 Å². The SMILES string of the molecule is CC(C)N1CCOc2c(F)cc(-c3nc(CC4=Nc5ccc(N6CCNCC6)cc5C4)ncc3F)cc21. The van der Waals surface area contributed by atoms with Crippen molar-refractivity contribution in [3.63, 3.8) is 0 Å². The lowest BCUT2D eigenvalue weighted by atomic mass is 10.1. The van der Waals surface area contributed by atoms with Gasteiger partial charge in [-0.1, -0.05) is 0 Å². The molecule has 0 radical (unpaired) electrons. The molecule has 0 unspecified atom stereocenters. The van der Waals surface area contributed by atoms with Gasteiger partial charge in [-0.2, -0.15) is 0 Å². The van der Waals surface area contributed by atoms with E-state index < -0.39 is 11.6 Å². The molecule has 1 saturated heterocycles. The molecule has 192 valence electrons. The van der Waals surface area contributed by atoms with Crippen molar-refractivity contribution in [2.45, 2.75) is 32.7 Å². The zero-order valence-corrected chi connectivity index (χ0v) is 21.1. The Bertz CT molecular complexity index is 1370. The summed E-state index contributed by atoms with van der Waals surface area (Å²) in [6.45, 7) is 9.08. The van der Waals surface area contributed by atoms with E-state index in [4.69, 9.17) is 9.73 Å². The van der Waals surface area contributed by atoms with Gasteiger partial charge in [-0.3, -0.25) is 4.99 Å². The molecular formula is C28H30F2N6O. The van der Waals surface area contributed by atoms with E-state index in [-0.39, 0.29) is 17.5 Å². The van der Waals surface area contributed by atoms with Crippen LogP contribution in [-0.4, -0.2) is 61.1 Å². The fourth-order valence-corrected chi connectivity index (χ4v) is 5.32. The van der Waals surface area contributed by atoms with Gasteiger partial charge < -0.3 is 19.9 Å². The number of aliphatic imine (C=N–C) groups is 1. The molecule has 3 aliphatic heterocycles. The fraction of sp³-hybridized carbons (Fsp3) is 0.393. The molecule has 0 amide bonds. The van der Waals surface area contributed by atoms with Gasteiger partial charge in [0.15, 0.2) is 17.4 Å². The maximum atomic E-state index is 15.0. The van der Waals surface area contributed by atoms with Crippen LogP contribution < -0.4 is 19.9 Å². The van der Waals surface area contributed by atoms with Crippen molar-refractivity contribution < 1.29 is 13.5 Å². The Morgan fingerprint density at radius 1 is 1.05 bits per heavy atom. The summed E-state index contributed by atoms with van der Waals surface area (Å²) in [6.07, 6.45) is 2.27. The molecule has 3 aromatic rings. The minimum Gasteiger partial charge on any atom is -0.486 e. The lowest BCUT2D eigenvalue weighted by Gasteiger charge is -2.34. The average Bonchev–Trinajstić information content (AvgIpc) is 3.31. The summed E-state index contributed by atoms with van der Waals surface area (Å²) in [6, 6.07) is 9.60. The highest BCUT2D eigenvalue weighted by Gasteiger charge is 2.26. The summed E-state index contributed by atoms with van der Waals surface area (Å²) in [5.41, 5.74) is 5.35. The Labute approximate surface area is 215 Å². The van der Waals surface area contributed by atoms with Crippen molar-refractivity contribution in [2.24, 2.45) is 4.99 Å². The second-order valence-corrected chi connectivity index (χ2v) is 10.0. The first-order valence-electron chi connectivity index (χ1n) is 12.9. The lowest BCUT2D eigenvalue weighted by Crippen LogP contribution is -2.43. The van der Waals surface area contributed by atoms with Gasteiger partial charge in [-0.15, -0.1) is 0 Å². The van der Waals surface area contributed by atoms with E-state index in [1.54, 1.807) is 6.07 Å². The normalized spacial score (nSPS) is 16.9. The largest absolute Gasteiger partial charge is 0.486 e. The molecule has 7 nitrogen and oxygen atoms in total. The molecule has 37 heavy (non-hydrogen) atoms. The second-order valence-electron chi connectivity index (χ2n) is 10.0. The van der Waals surface area contributed by atoms with Crippen LogP contribution in [0.2, 0.25) is 0 Å². The van der Waals surface area contributed by atoms with Crippen molar-refractivity contribution in [3.8, 4) is 17.0 Å². The molecule has 1 aromatic heterocycles. The highest BCUT2D eigenvalue weighted by atomic mass is 19.1. The number of hydrogen-bond acceptors (Lipinski definition) is 7. The molecule has 3 aliphatic rings. The molecule has 2 aromatic carbocycles. The van der Waals surface area contributed by atoms with Crippen LogP contribution in [0.15, 0.2) is 41.5 Å². The van der Waals surface area contributed by atoms with E-state index in [9.17, 15) is 8.78 Å². The Balaban J connectivity index is 1.24. The van der Waals surface area contributed by atoms with Crippen molar-refractivity contribution in [2.75, 3.05) is 49.1 Å². The number of anilines is 2. The highest BCUT2D eigenvalue weighted by Crippen LogP contribution is 2.39. The molecule has 9 heteroatoms. The van der Waals surface area contributed by atoms with Crippen LogP contribution in [0, 0.1) is 11.6 Å². The number of rotatable bonds is 5. The van der Waals surface area contributed by atoms with Gasteiger partial charge in [0.05, 0.1) is 24.1 Å². The monoisotopic (exact) mass is 504 g/mol. The molecule has 6 rings (SSSR count). The maximum absolute atomic E-state index is 15.0. The zero-order chi connectivity index (χ0) is 25.5. The Hall–Kier alpha value is -3.59. The van der Waals surface area contributed by atoms with Gasteiger partial charge in [0, 0.05) is 62.0 Å². The first-order chi connectivity index (χ1) is 18.0. The number of aromatic nitrogens is 2. The van der Waals surface area contributed by atoms with Gasteiger partial charge in [0.25, 0.3) is 0 Å². The van der Waals surface area contributed by atoms with Gasteiger partial charge in [-0.05, 0) is 49.7 Å². The number of piperazine rings is 1. The summed E-state index contributed by atoms with van der Waals surface area (Å²) >= 11 is 0. The number of benzene rings is 2. The Kier molecular flexibility index (Phi) is 6.24. The third-order valence-corrected chi connectivity index (χ3v) is 7.18. The third kappa shape index (κ3) is 4.64. The molecule has 0 aliphatic carbocycles. The van der Waals surface area contributed by atoms with Gasteiger partial charge in [0.1, 0.15) is 18.1 Å². The molecule has 4 heterocycles. The van der Waals surface area contributed by atoms with Gasteiger partial charge >= 0.3 is 0 Å². The van der Waals surface area contributed by atoms with Crippen LogP contribution in [0.5, 0.6) is 5.75 Å². The second kappa shape index (κ2) is 9.70. The first kappa shape index (κ1) is 23.8. The van der Waals surface area contributed by atoms with E-state index in [2.05, 4.69) is 43.3 Å². The number of nitrogens with one attached hydrogen (secondary N) is 1. The summed E-state index contributed by atoms with van der Waals surface area (Å²) in [4.78, 5) is 18.0. The number of fused-ring (bicyclic) bond motifs is 2. The number of nitrogens with zero attached hydrogens (tertiary/aromatic N) is 5. The molecule has 0 bridgehead atoms. The lowest BCUT2D eigenvalue weighted by molar-refractivity contribution is 0.287. The van der Waals surface area contributed by atoms with Crippen LogP contribution in [-0.2, 0) is 12.8 Å². The van der Waals surface area contributed by atoms with E-state index in [0.29, 0.717) is 43.1 Å². The molecule has 1 N–H and O–H groups in total. The zero-order valence-electron chi connectivity index (χ0n) is 21.1. The van der Waals surface area contributed by atoms with Crippen LogP contribution in [0.1, 0.15) is 25.2 Å². The van der Waals surface area contributed by atoms with E-state index >= 15 is 0 Å². The van der Waals surface area contributed by atoms with Crippen LogP contribution in [0.25, 0.3) is 11.3 Å². The van der Waals surface area contributed by atoms with Crippen LogP contribution in [0.3, 0.4) is 0 Å². The molecule has 1 fully saturated rings. The van der Waals surface area contributed by atoms with E-state index in [1.807, 2.05) is 13.8 Å². The Morgan fingerprint density at radius 2 is 1.89 bits per heavy atom. The summed E-state index contributed by atoms with van der Waals surface area (Å²) in [5.74, 6) is -0.446. The van der Waals surface area contributed by atoms with Crippen molar-refractivity contribution in [1.29, 1.82) is 0 Å². The van der Waals surface area contributed by atoms with E-state index in [0.717, 1.165) is 43.8 Å². The molecule has 0 atom stereocenters. The van der Waals surface area contributed by atoms with Crippen LogP contribution in [0.4, 0.5) is 25.8 Å². The predicted octanol–water partition coefficient (Wildman–Crippen LogP) is 4.31. The number of ether oxygens (including phenoxy) is 1. The third-order valence-electron chi connectivity index (χ3n) is 7.18. The minimum atomic E-state index is -0.590. The van der Waals surface area contributed by atoms with Crippen molar-refractivity contribution in [3.05, 3.63) is 59.6 Å². The van der Waals surface area contributed by atoms with Crippen LogP contribution >= 0.6 is 0 Å². The summed E-state index contributed by atoms with van der Waals surface area (Å²) in [7, 11) is 0. The molecular weight excluding hydrogens is 474 g/mol. The summed E-state index contributed by atoms with van der Waals surface area (Å²) in [5, 5.41) is 3.38. The standard InChI is InChI=1S/C28H30F2N6O/c1-17(2)36-9-10-37-28-22(29)13-19(14-25(28)36)27-23(30)16-32-26(34-27)15-20-11-18-12-21(3-4-24(18)33-20)35-7-5-31-6-8-35/h3-4,12-14,16-17,31H,5-11,15H2,1-2H3. The molecule has 0 spiro atoms. The molecule has 0 saturated carbocycles. The summed E-state index contributed by atoms with van der Waals surface area (Å²) < 4.78 is 35.5. The predicted molar refractivity (Wildman–Crippen MR) is 141 cm³/mol. The average molecular weight is 505 g/mol. The fourth-order valence-electron chi connectivity index (χ4n) is 5.32. The van der Waals surface area contributed by atoms with Crippen molar-refractivity contribution in [1.82, 2.24) is 15.3 Å². The number of hydrogen-bond donors (Lipinski definition) is 1. The topological polar surface area (TPSA) is 65.9 Å². The van der Waals surface area contributed by atoms with E-state index in [1.165, 1.54) is 17.3 Å². The quantitative estimate of drug-likeness (QED) is 0.559. The smallest absolute Gasteiger partial charge is 0.178 e.